The van der Waals surface area contributed by atoms with Gasteiger partial charge in [-0.15, -0.1) is 0 Å². The molecular weight excluding hydrogens is 124 g/mol. The minimum atomic E-state index is 0.386. The molecule has 0 N–H and O–H groups in total. The zero-order valence-corrected chi connectivity index (χ0v) is 5.83. The molecule has 0 aliphatic heterocycles. The first-order chi connectivity index (χ1) is 3.81. The van der Waals surface area contributed by atoms with E-state index in [2.05, 4.69) is 4.74 Å². The van der Waals surface area contributed by atoms with E-state index < -0.39 is 0 Å². The molecule has 1 unspecified atom stereocenters. The van der Waals surface area contributed by atoms with Crippen LogP contribution in [0.15, 0.2) is 0 Å². The van der Waals surface area contributed by atoms with Crippen LogP contribution >= 0.6 is 11.8 Å². The number of thioether (sulfide) groups is 1. The van der Waals surface area contributed by atoms with E-state index in [0.717, 1.165) is 0 Å². The van der Waals surface area contributed by atoms with E-state index >= 15 is 0 Å². The maximum absolute atomic E-state index is 9.47. The summed E-state index contributed by atoms with van der Waals surface area (Å²) in [5, 5.41) is 0.386. The van der Waals surface area contributed by atoms with Crippen molar-refractivity contribution in [3.63, 3.8) is 0 Å². The third kappa shape index (κ3) is 3.99. The van der Waals surface area contributed by atoms with Crippen LogP contribution < -0.4 is 0 Å². The first kappa shape index (κ1) is 7.82. The Morgan fingerprint density at radius 2 is 2.50 bits per heavy atom. The highest BCUT2D eigenvalue weighted by atomic mass is 32.2. The van der Waals surface area contributed by atoms with Crippen molar-refractivity contribution in [1.82, 2.24) is 0 Å². The molecule has 0 heterocycles. The standard InChI is InChI=1S/C5H9O2S/c1-5(8-2)3-7-4-6/h5H,3H2,1-2H3. The molecule has 0 bridgehead atoms. The van der Waals surface area contributed by atoms with E-state index in [1.165, 1.54) is 6.47 Å². The lowest BCUT2D eigenvalue weighted by Gasteiger charge is -2.02. The molecule has 47 valence electrons. The van der Waals surface area contributed by atoms with Crippen LogP contribution in [0.4, 0.5) is 0 Å². The Kier molecular flexibility index (Phi) is 4.85. The van der Waals surface area contributed by atoms with Gasteiger partial charge in [-0.05, 0) is 6.26 Å². The first-order valence-electron chi connectivity index (χ1n) is 2.33. The van der Waals surface area contributed by atoms with Crippen LogP contribution in [-0.2, 0) is 9.53 Å². The Morgan fingerprint density at radius 1 is 1.88 bits per heavy atom. The van der Waals surface area contributed by atoms with Gasteiger partial charge in [0.25, 0.3) is 0 Å². The number of hydrogen-bond donors (Lipinski definition) is 0. The monoisotopic (exact) mass is 133 g/mol. The van der Waals surface area contributed by atoms with E-state index in [1.807, 2.05) is 13.2 Å². The Hall–Kier alpha value is -0.180. The van der Waals surface area contributed by atoms with Gasteiger partial charge >= 0.3 is 6.47 Å². The van der Waals surface area contributed by atoms with Gasteiger partial charge in [-0.1, -0.05) is 6.92 Å². The fourth-order valence-electron chi connectivity index (χ4n) is 0.219. The molecule has 2 nitrogen and oxygen atoms in total. The van der Waals surface area contributed by atoms with Gasteiger partial charge in [0.15, 0.2) is 0 Å². The van der Waals surface area contributed by atoms with Crippen molar-refractivity contribution in [1.29, 1.82) is 0 Å². The predicted octanol–water partition coefficient (Wildman–Crippen LogP) is 0.822. The van der Waals surface area contributed by atoms with Crippen LogP contribution in [0.25, 0.3) is 0 Å². The van der Waals surface area contributed by atoms with Crippen molar-refractivity contribution in [2.75, 3.05) is 12.9 Å². The van der Waals surface area contributed by atoms with E-state index in [4.69, 9.17) is 0 Å². The molecule has 0 aromatic rings. The average Bonchev–Trinajstić information content (AvgIpc) is 1.83. The molecular formula is C5H9O2S. The Balaban J connectivity index is 2.97. The van der Waals surface area contributed by atoms with Gasteiger partial charge in [-0.3, -0.25) is 0 Å². The predicted molar refractivity (Wildman–Crippen MR) is 34.6 cm³/mol. The van der Waals surface area contributed by atoms with Crippen LogP contribution in [-0.4, -0.2) is 24.6 Å². The minimum Gasteiger partial charge on any atom is -0.456 e. The quantitative estimate of drug-likeness (QED) is 0.568. The highest BCUT2D eigenvalue weighted by Crippen LogP contribution is 2.03. The van der Waals surface area contributed by atoms with Crippen LogP contribution in [0.2, 0.25) is 0 Å². The highest BCUT2D eigenvalue weighted by molar-refractivity contribution is 7.99. The first-order valence-corrected chi connectivity index (χ1v) is 3.61. The maximum Gasteiger partial charge on any atom is 0.417 e. The molecule has 8 heavy (non-hydrogen) atoms. The van der Waals surface area contributed by atoms with Crippen molar-refractivity contribution in [2.45, 2.75) is 12.2 Å². The maximum atomic E-state index is 9.47. The number of ether oxygens (including phenoxy) is 1. The molecule has 3 heteroatoms. The molecule has 0 amide bonds. The summed E-state index contributed by atoms with van der Waals surface area (Å²) in [4.78, 5) is 9.47. The summed E-state index contributed by atoms with van der Waals surface area (Å²) in [6, 6.07) is 0. The van der Waals surface area contributed by atoms with Crippen molar-refractivity contribution in [3.8, 4) is 0 Å². The zero-order valence-electron chi connectivity index (χ0n) is 5.01. The molecule has 0 spiro atoms. The Labute approximate surface area is 53.6 Å². The Bertz CT molecular complexity index is 65.4. The van der Waals surface area contributed by atoms with Gasteiger partial charge in [0.2, 0.25) is 0 Å². The van der Waals surface area contributed by atoms with Crippen LogP contribution in [0.3, 0.4) is 0 Å². The third-order valence-electron chi connectivity index (χ3n) is 0.779. The van der Waals surface area contributed by atoms with E-state index in [-0.39, 0.29) is 0 Å². The molecule has 1 radical (unpaired) electrons. The highest BCUT2D eigenvalue weighted by Gasteiger charge is 1.96. The van der Waals surface area contributed by atoms with Gasteiger partial charge in [-0.25, -0.2) is 4.79 Å². The van der Waals surface area contributed by atoms with Gasteiger partial charge in [-0.2, -0.15) is 11.8 Å². The van der Waals surface area contributed by atoms with Crippen molar-refractivity contribution in [3.05, 3.63) is 0 Å². The van der Waals surface area contributed by atoms with Gasteiger partial charge < -0.3 is 4.74 Å². The fraction of sp³-hybridized carbons (Fsp3) is 0.800. The van der Waals surface area contributed by atoms with E-state index in [1.54, 1.807) is 11.8 Å². The number of rotatable bonds is 4. The smallest absolute Gasteiger partial charge is 0.417 e. The summed E-state index contributed by atoms with van der Waals surface area (Å²) in [6.07, 6.45) is 1.97. The summed E-state index contributed by atoms with van der Waals surface area (Å²) in [5.74, 6) is 0. The lowest BCUT2D eigenvalue weighted by atomic mass is 10.5. The summed E-state index contributed by atoms with van der Waals surface area (Å²) in [6.45, 7) is 3.82. The second kappa shape index (κ2) is 4.97. The molecule has 0 saturated heterocycles. The molecule has 1 atom stereocenters. The molecule has 0 aromatic carbocycles. The normalized spacial score (nSPS) is 12.8. The second-order valence-corrected chi connectivity index (χ2v) is 2.72. The lowest BCUT2D eigenvalue weighted by molar-refractivity contribution is 0.282. The van der Waals surface area contributed by atoms with Gasteiger partial charge in [0.05, 0.1) is 0 Å². The summed E-state index contributed by atoms with van der Waals surface area (Å²) >= 11 is 1.66. The van der Waals surface area contributed by atoms with Gasteiger partial charge in [0.1, 0.15) is 6.61 Å². The SMILES string of the molecule is CSC(C)CO[C]=O. The lowest BCUT2D eigenvalue weighted by Crippen LogP contribution is -2.05. The summed E-state index contributed by atoms with van der Waals surface area (Å²) in [7, 11) is 0. The molecule has 0 fully saturated rings. The molecule has 0 aliphatic rings. The largest absolute Gasteiger partial charge is 0.456 e. The van der Waals surface area contributed by atoms with Gasteiger partial charge in [0, 0.05) is 5.25 Å². The minimum absolute atomic E-state index is 0.386. The number of carbonyl (C=O) groups excluding carboxylic acids is 1. The Morgan fingerprint density at radius 3 is 2.88 bits per heavy atom. The van der Waals surface area contributed by atoms with Crippen molar-refractivity contribution >= 4 is 18.2 Å². The van der Waals surface area contributed by atoms with Crippen LogP contribution in [0, 0.1) is 0 Å². The molecule has 0 aliphatic carbocycles. The van der Waals surface area contributed by atoms with Crippen LogP contribution in [0.1, 0.15) is 6.92 Å². The molecule has 0 rings (SSSR count). The van der Waals surface area contributed by atoms with E-state index in [0.29, 0.717) is 11.9 Å². The zero-order chi connectivity index (χ0) is 6.41. The van der Waals surface area contributed by atoms with Crippen molar-refractivity contribution < 1.29 is 9.53 Å². The second-order valence-electron chi connectivity index (χ2n) is 1.44. The molecule has 0 aromatic heterocycles. The number of hydrogen-bond acceptors (Lipinski definition) is 3. The third-order valence-corrected chi connectivity index (χ3v) is 1.72. The average molecular weight is 133 g/mol. The summed E-state index contributed by atoms with van der Waals surface area (Å²) < 4.78 is 4.36. The topological polar surface area (TPSA) is 26.3 Å². The molecule has 0 saturated carbocycles. The fourth-order valence-corrected chi connectivity index (χ4v) is 0.424. The van der Waals surface area contributed by atoms with Crippen LogP contribution in [0.5, 0.6) is 0 Å². The van der Waals surface area contributed by atoms with Crippen molar-refractivity contribution in [2.24, 2.45) is 0 Å². The van der Waals surface area contributed by atoms with E-state index in [9.17, 15) is 4.79 Å². The summed E-state index contributed by atoms with van der Waals surface area (Å²) in [5.41, 5.74) is 0.